The van der Waals surface area contributed by atoms with Crippen LogP contribution in [-0.2, 0) is 14.8 Å². The zero-order valence-electron chi connectivity index (χ0n) is 13.9. The Morgan fingerprint density at radius 2 is 1.96 bits per heavy atom. The van der Waals surface area contributed by atoms with E-state index in [9.17, 15) is 13.2 Å². The van der Waals surface area contributed by atoms with Crippen molar-refractivity contribution in [3.05, 3.63) is 23.8 Å². The molecule has 1 atom stereocenters. The summed E-state index contributed by atoms with van der Waals surface area (Å²) in [5.41, 5.74) is 1.30. The zero-order valence-corrected chi connectivity index (χ0v) is 15.5. The number of halogens is 1. The summed E-state index contributed by atoms with van der Waals surface area (Å²) in [6, 6.07) is 4.95. The van der Waals surface area contributed by atoms with E-state index < -0.39 is 10.0 Å². The third-order valence-corrected chi connectivity index (χ3v) is 6.76. The lowest BCUT2D eigenvalue weighted by Crippen LogP contribution is -2.31. The van der Waals surface area contributed by atoms with Crippen molar-refractivity contribution in [2.75, 3.05) is 25.5 Å². The average molecular weight is 374 g/mol. The molecule has 1 saturated heterocycles. The molecule has 2 aliphatic rings. The minimum Gasteiger partial charge on any atom is -0.326 e. The van der Waals surface area contributed by atoms with Crippen molar-refractivity contribution in [1.29, 1.82) is 0 Å². The van der Waals surface area contributed by atoms with E-state index in [1.165, 1.54) is 7.05 Å². The molecule has 8 heteroatoms. The molecule has 1 amide bonds. The second-order valence-electron chi connectivity index (χ2n) is 6.49. The highest BCUT2D eigenvalue weighted by Crippen LogP contribution is 2.58. The number of hydrogen-bond acceptors (Lipinski definition) is 4. The van der Waals surface area contributed by atoms with Crippen LogP contribution in [-0.4, -0.2) is 34.5 Å². The lowest BCUT2D eigenvalue weighted by molar-refractivity contribution is -0.118. The standard InChI is InChI=1S/C16H23N3O3S.ClH/c1-11-13(4-3-5-14(11)23(21,22)17-2)19-15(20)12-10-16(12)6-8-18-9-7-16;/h3-5,12,17-18H,6-10H2,1-2H3,(H,19,20);1H. The van der Waals surface area contributed by atoms with Crippen LogP contribution in [0, 0.1) is 18.3 Å². The molecule has 0 aromatic heterocycles. The van der Waals surface area contributed by atoms with Crippen LogP contribution >= 0.6 is 12.4 Å². The van der Waals surface area contributed by atoms with Gasteiger partial charge in [0.2, 0.25) is 15.9 Å². The van der Waals surface area contributed by atoms with Gasteiger partial charge in [0.05, 0.1) is 4.90 Å². The fourth-order valence-electron chi connectivity index (χ4n) is 3.57. The van der Waals surface area contributed by atoms with Gasteiger partial charge in [-0.1, -0.05) is 6.07 Å². The molecular weight excluding hydrogens is 350 g/mol. The first-order valence-corrected chi connectivity index (χ1v) is 9.43. The molecule has 3 rings (SSSR count). The summed E-state index contributed by atoms with van der Waals surface area (Å²) in [6.45, 7) is 3.66. The highest BCUT2D eigenvalue weighted by molar-refractivity contribution is 7.89. The van der Waals surface area contributed by atoms with Gasteiger partial charge in [-0.25, -0.2) is 13.1 Å². The van der Waals surface area contributed by atoms with Crippen LogP contribution in [0.4, 0.5) is 5.69 Å². The fourth-order valence-corrected chi connectivity index (χ4v) is 4.56. The van der Waals surface area contributed by atoms with Gasteiger partial charge in [-0.3, -0.25) is 4.79 Å². The van der Waals surface area contributed by atoms with Crippen LogP contribution in [0.5, 0.6) is 0 Å². The van der Waals surface area contributed by atoms with Gasteiger partial charge in [-0.2, -0.15) is 0 Å². The number of rotatable bonds is 4. The Labute approximate surface area is 149 Å². The maximum atomic E-state index is 12.5. The molecule has 24 heavy (non-hydrogen) atoms. The molecule has 1 heterocycles. The van der Waals surface area contributed by atoms with Crippen molar-refractivity contribution in [1.82, 2.24) is 10.0 Å². The lowest BCUT2D eigenvalue weighted by atomic mass is 9.91. The topological polar surface area (TPSA) is 87.3 Å². The SMILES string of the molecule is CNS(=O)(=O)c1cccc(NC(=O)C2CC23CCNCC3)c1C.Cl. The van der Waals surface area contributed by atoms with Crippen LogP contribution < -0.4 is 15.4 Å². The molecular formula is C16H24ClN3O3S. The maximum Gasteiger partial charge on any atom is 0.240 e. The molecule has 2 fully saturated rings. The van der Waals surface area contributed by atoms with E-state index in [2.05, 4.69) is 15.4 Å². The third-order valence-electron chi connectivity index (χ3n) is 5.21. The van der Waals surface area contributed by atoms with Crippen molar-refractivity contribution in [3.8, 4) is 0 Å². The molecule has 0 radical (unpaired) electrons. The van der Waals surface area contributed by atoms with E-state index in [0.29, 0.717) is 11.3 Å². The number of sulfonamides is 1. The van der Waals surface area contributed by atoms with Crippen molar-refractivity contribution >= 4 is 34.0 Å². The normalized spacial score (nSPS) is 21.8. The quantitative estimate of drug-likeness (QED) is 0.749. The minimum atomic E-state index is -3.53. The molecule has 1 aromatic rings. The van der Waals surface area contributed by atoms with Gasteiger partial charge in [0.1, 0.15) is 0 Å². The molecule has 1 aliphatic carbocycles. The second kappa shape index (κ2) is 7.00. The van der Waals surface area contributed by atoms with Crippen LogP contribution in [0.15, 0.2) is 23.1 Å². The van der Waals surface area contributed by atoms with Gasteiger partial charge in [0.15, 0.2) is 0 Å². The number of hydrogen-bond donors (Lipinski definition) is 3. The number of piperidine rings is 1. The van der Waals surface area contributed by atoms with E-state index in [4.69, 9.17) is 0 Å². The highest BCUT2D eigenvalue weighted by atomic mass is 35.5. The predicted molar refractivity (Wildman–Crippen MR) is 95.9 cm³/mol. The van der Waals surface area contributed by atoms with Crippen molar-refractivity contribution in [2.24, 2.45) is 11.3 Å². The molecule has 1 aliphatic heterocycles. The monoisotopic (exact) mass is 373 g/mol. The summed E-state index contributed by atoms with van der Waals surface area (Å²) in [4.78, 5) is 12.7. The lowest BCUT2D eigenvalue weighted by Gasteiger charge is -2.23. The predicted octanol–water partition coefficient (Wildman–Crippen LogP) is 1.65. The van der Waals surface area contributed by atoms with Crippen LogP contribution in [0.25, 0.3) is 0 Å². The first-order valence-electron chi connectivity index (χ1n) is 7.94. The molecule has 1 spiro atoms. The maximum absolute atomic E-state index is 12.5. The highest BCUT2D eigenvalue weighted by Gasteiger charge is 2.57. The largest absolute Gasteiger partial charge is 0.326 e. The smallest absolute Gasteiger partial charge is 0.240 e. The zero-order chi connectivity index (χ0) is 16.7. The number of carbonyl (C=O) groups excluding carboxylic acids is 1. The molecule has 6 nitrogen and oxygen atoms in total. The summed E-state index contributed by atoms with van der Waals surface area (Å²) in [5.74, 6) is 0.0579. The van der Waals surface area contributed by atoms with Crippen molar-refractivity contribution in [3.63, 3.8) is 0 Å². The fraction of sp³-hybridized carbons (Fsp3) is 0.562. The molecule has 1 unspecified atom stereocenters. The molecule has 3 N–H and O–H groups in total. The number of amides is 1. The first-order chi connectivity index (χ1) is 10.9. The van der Waals surface area contributed by atoms with E-state index in [1.54, 1.807) is 25.1 Å². The van der Waals surface area contributed by atoms with Gasteiger partial charge >= 0.3 is 0 Å². The number of carbonyl (C=O) groups is 1. The van der Waals surface area contributed by atoms with Gasteiger partial charge in [-0.15, -0.1) is 12.4 Å². The van der Waals surface area contributed by atoms with Gasteiger partial charge < -0.3 is 10.6 Å². The third kappa shape index (κ3) is 3.44. The molecule has 134 valence electrons. The van der Waals surface area contributed by atoms with Crippen molar-refractivity contribution < 1.29 is 13.2 Å². The molecule has 1 aromatic carbocycles. The van der Waals surface area contributed by atoms with Gasteiger partial charge in [0.25, 0.3) is 0 Å². The Kier molecular flexibility index (Phi) is 5.59. The van der Waals surface area contributed by atoms with E-state index in [1.807, 2.05) is 0 Å². The van der Waals surface area contributed by atoms with E-state index in [-0.39, 0.29) is 34.5 Å². The van der Waals surface area contributed by atoms with Gasteiger partial charge in [-0.05, 0) is 69.4 Å². The summed E-state index contributed by atoms with van der Waals surface area (Å²) in [6.07, 6.45) is 3.02. The Bertz CT molecular complexity index is 730. The summed E-state index contributed by atoms with van der Waals surface area (Å²) in [7, 11) is -2.15. The summed E-state index contributed by atoms with van der Waals surface area (Å²) in [5, 5.41) is 6.25. The van der Waals surface area contributed by atoms with Crippen molar-refractivity contribution in [2.45, 2.75) is 31.1 Å². The molecule has 0 bridgehead atoms. The Morgan fingerprint density at radius 3 is 2.58 bits per heavy atom. The Morgan fingerprint density at radius 1 is 1.29 bits per heavy atom. The first kappa shape index (κ1) is 19.2. The van der Waals surface area contributed by atoms with E-state index in [0.717, 1.165) is 32.4 Å². The number of anilines is 1. The van der Waals surface area contributed by atoms with Gasteiger partial charge in [0, 0.05) is 11.6 Å². The number of nitrogens with one attached hydrogen (secondary N) is 3. The number of benzene rings is 1. The minimum absolute atomic E-state index is 0. The van der Waals surface area contributed by atoms with Crippen LogP contribution in [0.3, 0.4) is 0 Å². The second-order valence-corrected chi connectivity index (χ2v) is 8.35. The summed E-state index contributed by atoms with van der Waals surface area (Å²) < 4.78 is 26.3. The Balaban J connectivity index is 0.00000208. The molecule has 1 saturated carbocycles. The van der Waals surface area contributed by atoms with Crippen LogP contribution in [0.2, 0.25) is 0 Å². The average Bonchev–Trinajstić information content (AvgIpc) is 3.23. The van der Waals surface area contributed by atoms with Crippen LogP contribution in [0.1, 0.15) is 24.8 Å². The van der Waals surface area contributed by atoms with E-state index >= 15 is 0 Å². The Hall–Kier alpha value is -1.15. The summed E-state index contributed by atoms with van der Waals surface area (Å²) >= 11 is 0.